The summed E-state index contributed by atoms with van der Waals surface area (Å²) in [4.78, 5) is 25.0. The summed E-state index contributed by atoms with van der Waals surface area (Å²) in [5.74, 6) is 6.92. The second-order valence-corrected chi connectivity index (χ2v) is 8.40. The Bertz CT molecular complexity index is 841. The molecule has 0 radical (unpaired) electrons. The molecule has 0 aromatic heterocycles. The number of carbonyl (C=O) groups excluding carboxylic acids is 2. The van der Waals surface area contributed by atoms with Gasteiger partial charge >= 0.3 is 0 Å². The number of hydrogen-bond acceptors (Lipinski definition) is 3. The molecule has 3 aliphatic rings. The lowest BCUT2D eigenvalue weighted by Crippen LogP contribution is -2.62. The first kappa shape index (κ1) is 19.0. The first-order chi connectivity index (χ1) is 13.6. The number of fused-ring (bicyclic) bond motifs is 1. The van der Waals surface area contributed by atoms with Crippen LogP contribution in [0.5, 0.6) is 0 Å². The minimum absolute atomic E-state index is 0.151. The summed E-state index contributed by atoms with van der Waals surface area (Å²) in [6, 6.07) is 6.16. The van der Waals surface area contributed by atoms with Gasteiger partial charge in [0.2, 0.25) is 6.41 Å². The summed E-state index contributed by atoms with van der Waals surface area (Å²) in [7, 11) is 3.38. The predicted octanol–water partition coefficient (Wildman–Crippen LogP) is 2.27. The molecule has 0 heterocycles. The van der Waals surface area contributed by atoms with Crippen LogP contribution in [0, 0.1) is 23.2 Å². The van der Waals surface area contributed by atoms with Crippen molar-refractivity contribution >= 4 is 12.3 Å². The third kappa shape index (κ3) is 2.91. The molecule has 5 heteroatoms. The second kappa shape index (κ2) is 7.25. The van der Waals surface area contributed by atoms with Crippen LogP contribution in [0.15, 0.2) is 18.2 Å². The highest BCUT2D eigenvalue weighted by Crippen LogP contribution is 2.58. The Morgan fingerprint density at radius 2 is 2.00 bits per heavy atom. The van der Waals surface area contributed by atoms with Crippen molar-refractivity contribution in [3.63, 3.8) is 0 Å². The fourth-order valence-electron chi connectivity index (χ4n) is 5.22. The van der Waals surface area contributed by atoms with E-state index in [1.807, 2.05) is 12.1 Å². The van der Waals surface area contributed by atoms with Crippen molar-refractivity contribution in [3.05, 3.63) is 34.9 Å². The molecule has 0 bridgehead atoms. The minimum atomic E-state index is -1.06. The van der Waals surface area contributed by atoms with Crippen LogP contribution in [0.3, 0.4) is 0 Å². The van der Waals surface area contributed by atoms with E-state index in [1.54, 1.807) is 14.2 Å². The number of nitrogens with one attached hydrogen (secondary N) is 2. The van der Waals surface area contributed by atoms with E-state index in [0.717, 1.165) is 48.8 Å². The van der Waals surface area contributed by atoms with Gasteiger partial charge in [-0.15, -0.1) is 0 Å². The number of amides is 2. The predicted molar refractivity (Wildman–Crippen MR) is 106 cm³/mol. The van der Waals surface area contributed by atoms with Crippen molar-refractivity contribution in [3.8, 4) is 11.8 Å². The minimum Gasteiger partial charge on any atom is -0.381 e. The van der Waals surface area contributed by atoms with Crippen molar-refractivity contribution in [2.24, 2.45) is 11.3 Å². The average molecular weight is 380 g/mol. The van der Waals surface area contributed by atoms with Gasteiger partial charge in [0.1, 0.15) is 0 Å². The Hall–Kier alpha value is -2.32. The van der Waals surface area contributed by atoms with Gasteiger partial charge in [-0.25, -0.2) is 0 Å². The standard InChI is InChI=1S/C23H28N2O3/c1-24-21(27)23(25-15-26)20-13-17(6-5-16-3-4-16)7-8-18(20)14-22(23)11-9-19(28-2)10-12-22/h7-8,13,15-16,19H,3-4,9-12,14H2,1-2H3,(H,24,27)(H,25,26). The van der Waals surface area contributed by atoms with E-state index in [9.17, 15) is 9.59 Å². The average Bonchev–Trinajstić information content (AvgIpc) is 3.52. The monoisotopic (exact) mass is 380 g/mol. The topological polar surface area (TPSA) is 67.4 Å². The molecule has 28 heavy (non-hydrogen) atoms. The highest BCUT2D eigenvalue weighted by Gasteiger charge is 2.62. The third-order valence-electron chi connectivity index (χ3n) is 6.90. The number of hydrogen-bond donors (Lipinski definition) is 2. The quantitative estimate of drug-likeness (QED) is 0.622. The third-order valence-corrected chi connectivity index (χ3v) is 6.90. The van der Waals surface area contributed by atoms with E-state index in [4.69, 9.17) is 4.74 Å². The highest BCUT2D eigenvalue weighted by molar-refractivity contribution is 5.92. The van der Waals surface area contributed by atoms with Gasteiger partial charge in [0.05, 0.1) is 6.10 Å². The van der Waals surface area contributed by atoms with E-state index in [-0.39, 0.29) is 17.4 Å². The van der Waals surface area contributed by atoms with Crippen LogP contribution in [0.25, 0.3) is 0 Å². The van der Waals surface area contributed by atoms with Gasteiger partial charge in [-0.3, -0.25) is 9.59 Å². The number of likely N-dealkylation sites (N-methyl/N-ethyl adjacent to an activating group) is 1. The molecule has 2 fully saturated rings. The number of methoxy groups -OCH3 is 1. The van der Waals surface area contributed by atoms with E-state index < -0.39 is 5.54 Å². The Morgan fingerprint density at radius 1 is 1.25 bits per heavy atom. The lowest BCUT2D eigenvalue weighted by atomic mass is 9.61. The van der Waals surface area contributed by atoms with Crippen molar-refractivity contribution < 1.29 is 14.3 Å². The maximum absolute atomic E-state index is 13.3. The Balaban J connectivity index is 1.81. The molecule has 2 N–H and O–H groups in total. The molecule has 4 rings (SSSR count). The van der Waals surface area contributed by atoms with E-state index in [0.29, 0.717) is 12.3 Å². The van der Waals surface area contributed by atoms with Crippen molar-refractivity contribution in [1.82, 2.24) is 10.6 Å². The summed E-state index contributed by atoms with van der Waals surface area (Å²) in [6.07, 6.45) is 7.46. The molecule has 3 aliphatic carbocycles. The summed E-state index contributed by atoms with van der Waals surface area (Å²) < 4.78 is 5.56. The van der Waals surface area contributed by atoms with E-state index in [1.165, 1.54) is 12.8 Å². The van der Waals surface area contributed by atoms with E-state index >= 15 is 0 Å². The van der Waals surface area contributed by atoms with Gasteiger partial charge in [-0.1, -0.05) is 17.9 Å². The molecule has 1 unspecified atom stereocenters. The molecule has 1 aromatic rings. The fraction of sp³-hybridized carbons (Fsp3) is 0.565. The lowest BCUT2D eigenvalue weighted by Gasteiger charge is -2.48. The number of carbonyl (C=O) groups is 2. The van der Waals surface area contributed by atoms with Gasteiger partial charge in [-0.05, 0) is 68.2 Å². The largest absolute Gasteiger partial charge is 0.381 e. The molecule has 148 valence electrons. The molecule has 2 amide bonds. The van der Waals surface area contributed by atoms with Crippen LogP contribution in [0.2, 0.25) is 0 Å². The van der Waals surface area contributed by atoms with Crippen LogP contribution in [0.4, 0.5) is 0 Å². The molecule has 1 spiro atoms. The lowest BCUT2D eigenvalue weighted by molar-refractivity contribution is -0.139. The molecule has 0 aliphatic heterocycles. The van der Waals surface area contributed by atoms with E-state index in [2.05, 4.69) is 28.5 Å². The molecular weight excluding hydrogens is 352 g/mol. The zero-order chi connectivity index (χ0) is 19.8. The number of rotatable bonds is 4. The number of ether oxygens (including phenoxy) is 1. The van der Waals surface area contributed by atoms with Crippen molar-refractivity contribution in [1.29, 1.82) is 0 Å². The Kier molecular flexibility index (Phi) is 4.93. The summed E-state index contributed by atoms with van der Waals surface area (Å²) in [6.45, 7) is 0. The van der Waals surface area contributed by atoms with Crippen molar-refractivity contribution in [2.45, 2.75) is 56.6 Å². The maximum Gasteiger partial charge on any atom is 0.250 e. The number of benzene rings is 1. The molecule has 0 saturated heterocycles. The Morgan fingerprint density at radius 3 is 2.61 bits per heavy atom. The zero-order valence-corrected chi connectivity index (χ0v) is 16.6. The second-order valence-electron chi connectivity index (χ2n) is 8.40. The van der Waals surface area contributed by atoms with Gasteiger partial charge in [0.15, 0.2) is 5.54 Å². The normalized spacial score (nSPS) is 30.9. The smallest absolute Gasteiger partial charge is 0.250 e. The van der Waals surface area contributed by atoms with Gasteiger partial charge < -0.3 is 15.4 Å². The van der Waals surface area contributed by atoms with Crippen LogP contribution in [-0.4, -0.2) is 32.6 Å². The molecular formula is C23H28N2O3. The zero-order valence-electron chi connectivity index (χ0n) is 16.6. The molecule has 1 atom stereocenters. The Labute approximate surface area is 166 Å². The van der Waals surface area contributed by atoms with Crippen LogP contribution >= 0.6 is 0 Å². The highest BCUT2D eigenvalue weighted by atomic mass is 16.5. The summed E-state index contributed by atoms with van der Waals surface area (Å²) in [5.41, 5.74) is 1.54. The van der Waals surface area contributed by atoms with Crippen LogP contribution < -0.4 is 10.6 Å². The molecule has 2 saturated carbocycles. The first-order valence-electron chi connectivity index (χ1n) is 10.2. The summed E-state index contributed by atoms with van der Waals surface area (Å²) in [5, 5.41) is 5.80. The van der Waals surface area contributed by atoms with Crippen LogP contribution in [0.1, 0.15) is 55.2 Å². The van der Waals surface area contributed by atoms with Gasteiger partial charge in [-0.2, -0.15) is 0 Å². The van der Waals surface area contributed by atoms with Gasteiger partial charge in [0, 0.05) is 31.1 Å². The molecule has 5 nitrogen and oxygen atoms in total. The maximum atomic E-state index is 13.3. The fourth-order valence-corrected chi connectivity index (χ4v) is 5.22. The summed E-state index contributed by atoms with van der Waals surface area (Å²) >= 11 is 0. The van der Waals surface area contributed by atoms with Gasteiger partial charge in [0.25, 0.3) is 5.91 Å². The SMILES string of the molecule is CNC(=O)C1(NC=O)c2cc(C#CC3CC3)ccc2CC12CCC(OC)CC2. The van der Waals surface area contributed by atoms with Crippen LogP contribution in [-0.2, 0) is 26.3 Å². The first-order valence-corrected chi connectivity index (χ1v) is 10.2. The van der Waals surface area contributed by atoms with Crippen molar-refractivity contribution in [2.75, 3.05) is 14.2 Å². The molecule has 1 aromatic carbocycles.